The number of pyridine rings is 3. The van der Waals surface area contributed by atoms with E-state index in [1.54, 1.807) is 18.6 Å². The maximum Gasteiger partial charge on any atom is 0.227 e. The van der Waals surface area contributed by atoms with Gasteiger partial charge in [0, 0.05) is 48.0 Å². The van der Waals surface area contributed by atoms with Crippen molar-refractivity contribution in [1.29, 1.82) is 0 Å². The Morgan fingerprint density at radius 2 is 1.85 bits per heavy atom. The van der Waals surface area contributed by atoms with Gasteiger partial charge in [-0.05, 0) is 86.6 Å². The van der Waals surface area contributed by atoms with E-state index in [2.05, 4.69) is 40.7 Å². The summed E-state index contributed by atoms with van der Waals surface area (Å²) in [5.41, 5.74) is 7.98. The number of likely N-dealkylation sites (N-methyl/N-ethyl adjacent to an activating group) is 1. The van der Waals surface area contributed by atoms with E-state index in [0.717, 1.165) is 71.2 Å². The summed E-state index contributed by atoms with van der Waals surface area (Å²) < 4.78 is 14.7. The number of hydrogen-bond acceptors (Lipinski definition) is 7. The molecule has 0 spiro atoms. The molecule has 1 saturated carbocycles. The van der Waals surface area contributed by atoms with Crippen LogP contribution in [0.2, 0.25) is 0 Å². The van der Waals surface area contributed by atoms with Crippen molar-refractivity contribution >= 4 is 39.3 Å². The van der Waals surface area contributed by atoms with Crippen molar-refractivity contribution in [3.8, 4) is 33.8 Å². The SMILES string of the molecule is CN(C)CCNc1cc(F)cc(-c2ccnc3[nH]c(-c4n[nH]c5ccc(-c6cncc(NC(=O)C7CCCCC7)c6)nc45)cc23)c1. The zero-order valence-electron chi connectivity index (χ0n) is 25.9. The number of fused-ring (bicyclic) bond motifs is 2. The van der Waals surface area contributed by atoms with E-state index in [-0.39, 0.29) is 17.6 Å². The minimum absolute atomic E-state index is 0.0550. The van der Waals surface area contributed by atoms with Crippen molar-refractivity contribution < 1.29 is 9.18 Å². The minimum atomic E-state index is -0.312. The van der Waals surface area contributed by atoms with Crippen LogP contribution in [0, 0.1) is 11.7 Å². The molecule has 0 unspecified atom stereocenters. The fourth-order valence-corrected chi connectivity index (χ4v) is 6.18. The summed E-state index contributed by atoms with van der Waals surface area (Å²) in [6.45, 7) is 1.53. The van der Waals surface area contributed by atoms with Crippen LogP contribution in [0.4, 0.5) is 15.8 Å². The van der Waals surface area contributed by atoms with Crippen molar-refractivity contribution in [2.24, 2.45) is 5.92 Å². The van der Waals surface area contributed by atoms with Crippen LogP contribution in [0.15, 0.2) is 67.1 Å². The molecule has 0 atom stereocenters. The van der Waals surface area contributed by atoms with Crippen molar-refractivity contribution in [3.63, 3.8) is 0 Å². The number of aromatic nitrogens is 6. The van der Waals surface area contributed by atoms with Crippen molar-refractivity contribution in [3.05, 3.63) is 72.9 Å². The number of carbonyl (C=O) groups is 1. The number of nitrogens with one attached hydrogen (secondary N) is 4. The van der Waals surface area contributed by atoms with Crippen molar-refractivity contribution in [1.82, 2.24) is 35.0 Å². The summed E-state index contributed by atoms with van der Waals surface area (Å²) in [5.74, 6) is -0.201. The Bertz CT molecular complexity index is 2030. The molecule has 1 fully saturated rings. The Morgan fingerprint density at radius 3 is 2.70 bits per heavy atom. The Morgan fingerprint density at radius 1 is 1.00 bits per heavy atom. The lowest BCUT2D eigenvalue weighted by atomic mass is 9.88. The number of hydrogen-bond donors (Lipinski definition) is 4. The van der Waals surface area contributed by atoms with Crippen LogP contribution in [-0.2, 0) is 4.79 Å². The summed E-state index contributed by atoms with van der Waals surface area (Å²) >= 11 is 0. The standard InChI is InChI=1S/C35H36FN9O/c1-45(2)13-12-38-25-15-22(14-24(36)17-25)27-10-11-39-34-28(27)18-31(42-34)33-32-30(43-44-33)9-8-29(41-32)23-16-26(20-37-19-23)40-35(46)21-6-4-3-5-7-21/h8-11,14-21,38H,3-7,12-13H2,1-2H3,(H,39,42)(H,40,46)(H,43,44). The Hall–Kier alpha value is -5.16. The first kappa shape index (κ1) is 29.5. The smallest absolute Gasteiger partial charge is 0.227 e. The lowest BCUT2D eigenvalue weighted by Crippen LogP contribution is -2.24. The van der Waals surface area contributed by atoms with E-state index < -0.39 is 0 Å². The van der Waals surface area contributed by atoms with Gasteiger partial charge in [0.15, 0.2) is 0 Å². The van der Waals surface area contributed by atoms with Crippen LogP contribution in [0.1, 0.15) is 32.1 Å². The number of amides is 1. The molecule has 7 rings (SSSR count). The van der Waals surface area contributed by atoms with Crippen LogP contribution < -0.4 is 10.6 Å². The number of nitrogens with zero attached hydrogens (tertiary/aromatic N) is 5. The first-order chi connectivity index (χ1) is 22.4. The molecule has 46 heavy (non-hydrogen) atoms. The van der Waals surface area contributed by atoms with Crippen molar-refractivity contribution in [2.75, 3.05) is 37.8 Å². The van der Waals surface area contributed by atoms with Gasteiger partial charge in [0.25, 0.3) is 0 Å². The second-order valence-corrected chi connectivity index (χ2v) is 12.2. The zero-order valence-corrected chi connectivity index (χ0v) is 25.9. The van der Waals surface area contributed by atoms with E-state index in [0.29, 0.717) is 34.8 Å². The van der Waals surface area contributed by atoms with Gasteiger partial charge in [-0.15, -0.1) is 0 Å². The van der Waals surface area contributed by atoms with Gasteiger partial charge < -0.3 is 20.5 Å². The highest BCUT2D eigenvalue weighted by atomic mass is 19.1. The normalized spacial score (nSPS) is 13.9. The molecule has 4 N–H and O–H groups in total. The third kappa shape index (κ3) is 6.18. The zero-order chi connectivity index (χ0) is 31.6. The summed E-state index contributed by atoms with van der Waals surface area (Å²) in [4.78, 5) is 32.2. The molecular formula is C35H36FN9O. The highest BCUT2D eigenvalue weighted by Gasteiger charge is 2.22. The number of halogens is 1. The predicted octanol–water partition coefficient (Wildman–Crippen LogP) is 6.86. The van der Waals surface area contributed by atoms with Gasteiger partial charge in [0.05, 0.1) is 28.8 Å². The van der Waals surface area contributed by atoms with Gasteiger partial charge in [-0.2, -0.15) is 5.10 Å². The van der Waals surface area contributed by atoms with Gasteiger partial charge in [-0.3, -0.25) is 14.9 Å². The first-order valence-electron chi connectivity index (χ1n) is 15.7. The third-order valence-corrected chi connectivity index (χ3v) is 8.57. The maximum absolute atomic E-state index is 14.7. The van der Waals surface area contributed by atoms with Crippen LogP contribution in [0.3, 0.4) is 0 Å². The highest BCUT2D eigenvalue weighted by molar-refractivity contribution is 5.99. The Labute approximate surface area is 265 Å². The van der Waals surface area contributed by atoms with E-state index >= 15 is 0 Å². The predicted molar refractivity (Wildman–Crippen MR) is 180 cm³/mol. The van der Waals surface area contributed by atoms with Gasteiger partial charge in [-0.25, -0.2) is 14.4 Å². The van der Waals surface area contributed by atoms with Gasteiger partial charge in [-0.1, -0.05) is 19.3 Å². The first-order valence-corrected chi connectivity index (χ1v) is 15.7. The summed E-state index contributed by atoms with van der Waals surface area (Å²) in [6, 6.07) is 14.6. The molecule has 0 saturated heterocycles. The molecule has 1 aliphatic rings. The fourth-order valence-electron chi connectivity index (χ4n) is 6.18. The molecule has 1 amide bonds. The molecule has 6 aromatic rings. The molecule has 0 bridgehead atoms. The Kier molecular flexibility index (Phi) is 8.15. The highest BCUT2D eigenvalue weighted by Crippen LogP contribution is 2.35. The summed E-state index contributed by atoms with van der Waals surface area (Å²) in [5, 5.41) is 14.9. The molecule has 0 radical (unpaired) electrons. The van der Waals surface area contributed by atoms with E-state index in [9.17, 15) is 9.18 Å². The number of anilines is 2. The van der Waals surface area contributed by atoms with Gasteiger partial charge >= 0.3 is 0 Å². The lowest BCUT2D eigenvalue weighted by molar-refractivity contribution is -0.120. The van der Waals surface area contributed by atoms with E-state index in [1.807, 2.05) is 50.5 Å². The molecule has 5 heterocycles. The largest absolute Gasteiger partial charge is 0.384 e. The molecule has 1 aliphatic carbocycles. The molecule has 5 aromatic heterocycles. The maximum atomic E-state index is 14.7. The molecule has 11 heteroatoms. The average molecular weight is 618 g/mol. The second-order valence-electron chi connectivity index (χ2n) is 12.2. The number of benzene rings is 1. The van der Waals surface area contributed by atoms with Crippen LogP contribution in [0.25, 0.3) is 55.8 Å². The molecule has 10 nitrogen and oxygen atoms in total. The summed E-state index contributed by atoms with van der Waals surface area (Å²) in [6.07, 6.45) is 10.4. The van der Waals surface area contributed by atoms with E-state index in [4.69, 9.17) is 4.98 Å². The van der Waals surface area contributed by atoms with Crippen LogP contribution in [-0.4, -0.2) is 68.1 Å². The second kappa shape index (κ2) is 12.7. The lowest BCUT2D eigenvalue weighted by Gasteiger charge is -2.20. The topological polar surface area (TPSA) is 128 Å². The van der Waals surface area contributed by atoms with E-state index in [1.165, 1.54) is 18.6 Å². The summed E-state index contributed by atoms with van der Waals surface area (Å²) in [7, 11) is 4.01. The number of aromatic amines is 2. The minimum Gasteiger partial charge on any atom is -0.384 e. The molecule has 0 aliphatic heterocycles. The van der Waals surface area contributed by atoms with Gasteiger partial charge in [0.1, 0.15) is 22.7 Å². The molecule has 234 valence electrons. The molecule has 1 aromatic carbocycles. The van der Waals surface area contributed by atoms with Crippen molar-refractivity contribution in [2.45, 2.75) is 32.1 Å². The quantitative estimate of drug-likeness (QED) is 0.140. The number of rotatable bonds is 9. The van der Waals surface area contributed by atoms with Gasteiger partial charge in [0.2, 0.25) is 5.91 Å². The monoisotopic (exact) mass is 617 g/mol. The third-order valence-electron chi connectivity index (χ3n) is 8.57. The fraction of sp³-hybridized carbons (Fsp3) is 0.286. The van der Waals surface area contributed by atoms with Crippen LogP contribution in [0.5, 0.6) is 0 Å². The number of carbonyl (C=O) groups excluding carboxylic acids is 1. The van der Waals surface area contributed by atoms with Crippen LogP contribution >= 0.6 is 0 Å². The Balaban J connectivity index is 1.19. The average Bonchev–Trinajstić information content (AvgIpc) is 3.69. The number of H-pyrrole nitrogens is 2. The molecular weight excluding hydrogens is 581 g/mol.